The summed E-state index contributed by atoms with van der Waals surface area (Å²) in [6, 6.07) is 36.8. The molecule has 49 heteroatoms. The molecule has 10 aromatic heterocycles. The van der Waals surface area contributed by atoms with Gasteiger partial charge in [0.2, 0.25) is 11.1 Å². The number of hydrogen-bond acceptors (Lipinski definition) is 31. The summed E-state index contributed by atoms with van der Waals surface area (Å²) in [5.41, 5.74) is 4.10. The monoisotopic (exact) mass is 1580 g/mol. The van der Waals surface area contributed by atoms with Gasteiger partial charge in [0.05, 0.1) is 16.3 Å². The van der Waals surface area contributed by atoms with E-state index in [0.717, 1.165) is 46.1 Å². The number of aromatic amines is 3. The van der Waals surface area contributed by atoms with Gasteiger partial charge < -0.3 is 5.11 Å². The third-order valence-electron chi connectivity index (χ3n) is 11.0. The molecule has 11 heterocycles. The lowest BCUT2D eigenvalue weighted by Gasteiger charge is -2.11. The zero-order valence-corrected chi connectivity index (χ0v) is 57.0. The first-order valence-electron chi connectivity index (χ1n) is 26.6. The number of hydrogen-bond donors (Lipinski definition) is 4. The van der Waals surface area contributed by atoms with Crippen molar-refractivity contribution in [1.29, 1.82) is 0 Å². The van der Waals surface area contributed by atoms with Crippen LogP contribution in [-0.4, -0.2) is 204 Å². The Morgan fingerprint density at radius 1 is 0.667 bits per heavy atom. The van der Waals surface area contributed by atoms with Gasteiger partial charge in [0, 0.05) is 41.9 Å². The van der Waals surface area contributed by atoms with Gasteiger partial charge in [-0.05, 0) is 136 Å². The molecule has 0 amide bonds. The summed E-state index contributed by atoms with van der Waals surface area (Å²) in [5, 5.41) is 123. The number of halogens is 7. The topological polar surface area (TPSA) is 518 Å². The molecule has 15 rings (SSSR count). The van der Waals surface area contributed by atoms with E-state index in [2.05, 4.69) is 208 Å². The maximum absolute atomic E-state index is 10.5. The average Bonchev–Trinajstić information content (AvgIpc) is 1.72. The van der Waals surface area contributed by atoms with Crippen molar-refractivity contribution in [2.45, 2.75) is 60.8 Å². The highest BCUT2D eigenvalue weighted by Gasteiger charge is 2.29. The number of carboxylic acids is 1. The summed E-state index contributed by atoms with van der Waals surface area (Å²) >= 11 is 27.3. The van der Waals surface area contributed by atoms with Crippen LogP contribution >= 0.6 is 95.0 Å². The van der Waals surface area contributed by atoms with Crippen LogP contribution in [0.5, 0.6) is 0 Å². The maximum atomic E-state index is 10.5. The molecule has 0 saturated carbocycles. The molecule has 0 bridgehead atoms. The van der Waals surface area contributed by atoms with E-state index in [-0.39, 0.29) is 35.9 Å². The van der Waals surface area contributed by atoms with Crippen molar-refractivity contribution in [3.8, 4) is 34.2 Å². The minimum Gasteiger partial charge on any atom is -0.480 e. The van der Waals surface area contributed by atoms with Crippen LogP contribution < -0.4 is 0 Å². The highest BCUT2D eigenvalue weighted by atomic mass is 80.0. The molecule has 498 valence electrons. The molecule has 4 aromatic carbocycles. The van der Waals surface area contributed by atoms with Crippen LogP contribution in [0.3, 0.4) is 0 Å². The van der Waals surface area contributed by atoms with Crippen molar-refractivity contribution in [2.75, 3.05) is 0 Å². The van der Waals surface area contributed by atoms with E-state index in [9.17, 15) is 14.9 Å². The first kappa shape index (κ1) is 74.4. The largest absolute Gasteiger partial charge is 0.480 e. The molecular weight excluding hydrogens is 1540 g/mol. The lowest BCUT2D eigenvalue weighted by molar-refractivity contribution is -0.384. The standard InChI is InChI=1S/C8H5Br3N4.C8H7ClN4.C7H5ClN4.C7H5N5O2.C6H10N4.C5H4ClN5.C3H4N4O2.C2H4N4.CH2N4.ClH/c9-8(10,11)7-12-13-14-15(7)6-4-2-1-3-5-6;9-6-13-8(10-11-12-13)7-4-2-1-3-5-7;8-7-9-10-11-12(7)6-4-2-1-3-5-6;13-12(14)6-3-1-2-5(4-6)7-8-10-11-9-7;1-2-4-6-7-8-9-10(6)5-3-1;1-3-2-4(6)11-5(7-3)8-9-10-11;8-3(9)1-7-2-4-5-6-7;1-2-3-5-6-4-2;1-2-4-5-3-1;/h1-5H;1-5H,6H2;1-5H;1-4H,(H,8,9,10,11);1-5H2;2H,1H3;2H,1H2,(H,8,9);1H3,(H,3,4,5,6);1H,(H,2,3,4,5);1H. The third kappa shape index (κ3) is 24.7. The number of nitrogens with one attached hydrogen (secondary N) is 3. The van der Waals surface area contributed by atoms with E-state index in [1.54, 1.807) is 29.8 Å². The number of benzene rings is 4. The number of alkyl halides is 4. The molecule has 14 aromatic rings. The number of nitro benzene ring substituents is 1. The summed E-state index contributed by atoms with van der Waals surface area (Å²) in [5.74, 6) is 2.85. The molecule has 1 aliphatic rings. The molecule has 0 aliphatic carbocycles. The molecule has 96 heavy (non-hydrogen) atoms. The van der Waals surface area contributed by atoms with Gasteiger partial charge in [0.1, 0.15) is 24.0 Å². The summed E-state index contributed by atoms with van der Waals surface area (Å²) < 4.78 is 8.42. The van der Waals surface area contributed by atoms with Crippen LogP contribution in [0.15, 0.2) is 134 Å². The highest BCUT2D eigenvalue weighted by Crippen LogP contribution is 2.43. The van der Waals surface area contributed by atoms with E-state index in [1.165, 1.54) is 57.9 Å². The number of aryl methyl sites for hydroxylation is 4. The van der Waals surface area contributed by atoms with Gasteiger partial charge in [-0.25, -0.2) is 19.0 Å². The van der Waals surface area contributed by atoms with Crippen LogP contribution in [0.4, 0.5) is 5.69 Å². The Labute approximate surface area is 584 Å². The molecule has 0 atom stereocenters. The third-order valence-corrected chi connectivity index (χ3v) is 12.8. The first-order valence-corrected chi connectivity index (χ1v) is 30.3. The molecule has 1 aliphatic heterocycles. The van der Waals surface area contributed by atoms with Crippen LogP contribution in [0, 0.1) is 24.0 Å². The Morgan fingerprint density at radius 3 is 1.90 bits per heavy atom. The van der Waals surface area contributed by atoms with Crippen molar-refractivity contribution in [3.63, 3.8) is 0 Å². The molecular formula is C47H47Br3Cl4N38O4. The molecule has 0 fully saturated rings. The lowest BCUT2D eigenvalue weighted by Crippen LogP contribution is -2.10. The van der Waals surface area contributed by atoms with Crippen molar-refractivity contribution in [3.05, 3.63) is 178 Å². The number of aliphatic carboxylic acids is 1. The van der Waals surface area contributed by atoms with Gasteiger partial charge in [0.15, 0.2) is 31.8 Å². The fraction of sp³-hybridized carbons (Fsp3) is 0.213. The number of nitro groups is 1. The van der Waals surface area contributed by atoms with Gasteiger partial charge in [-0.3, -0.25) is 14.9 Å². The Morgan fingerprint density at radius 2 is 1.32 bits per heavy atom. The van der Waals surface area contributed by atoms with E-state index in [0.29, 0.717) is 39.8 Å². The molecule has 0 saturated heterocycles. The molecule has 0 radical (unpaired) electrons. The zero-order chi connectivity index (χ0) is 67.6. The minimum absolute atomic E-state index is 0. The van der Waals surface area contributed by atoms with Gasteiger partial charge in [0.25, 0.3) is 11.5 Å². The van der Waals surface area contributed by atoms with Crippen LogP contribution in [0.25, 0.3) is 39.9 Å². The smallest absolute Gasteiger partial charge is 0.325 e. The Bertz CT molecular complexity index is 4360. The van der Waals surface area contributed by atoms with Crippen LogP contribution in [0.1, 0.15) is 42.4 Å². The number of para-hydroxylation sites is 2. The minimum atomic E-state index is -0.956. The predicted molar refractivity (Wildman–Crippen MR) is 347 cm³/mol. The summed E-state index contributed by atoms with van der Waals surface area (Å²) in [4.78, 5) is 24.0. The SMILES string of the molecule is BrC(Br)(Br)c1nnnn1-c1ccccc1.C1CCc2nnnn2CC1.Cc1cc(Cl)n2nnnc2n1.Cc1nn[nH]n1.Cl.ClCn1nnnc1-c1ccccc1.Clc1nnnn1-c1ccccc1.O=C(O)Cn1cnnn1.O=[N+]([O-])c1cccc(-c2nn[nH]n2)c1.c1nn[nH]n1. The number of carboxylic acid groups (broad SMARTS) is 1. The lowest BCUT2D eigenvalue weighted by atomic mass is 10.2. The second-order valence-electron chi connectivity index (χ2n) is 17.6. The Hall–Kier alpha value is -10.6. The molecule has 4 N–H and O–H groups in total. The maximum Gasteiger partial charge on any atom is 0.325 e. The second-order valence-corrected chi connectivity index (χ2v) is 25.4. The normalized spacial score (nSPS) is 10.9. The van der Waals surface area contributed by atoms with Crippen LogP contribution in [-0.2, 0) is 32.5 Å². The van der Waals surface area contributed by atoms with Crippen molar-refractivity contribution < 1.29 is 14.8 Å². The zero-order valence-electron chi connectivity index (χ0n) is 49.2. The second kappa shape index (κ2) is 39.8. The van der Waals surface area contributed by atoms with E-state index in [1.807, 2.05) is 103 Å². The summed E-state index contributed by atoms with van der Waals surface area (Å²) in [6.45, 7) is 4.42. The van der Waals surface area contributed by atoms with Gasteiger partial charge in [-0.1, -0.05) is 165 Å². The van der Waals surface area contributed by atoms with Crippen molar-refractivity contribution in [2.24, 2.45) is 0 Å². The number of aromatic nitrogens is 37. The number of nitrogens with zero attached hydrogens (tertiary/aromatic N) is 35. The summed E-state index contributed by atoms with van der Waals surface area (Å²) in [6.07, 6.45) is 7.38. The average molecular weight is 1590 g/mol. The number of carbonyl (C=O) groups is 1. The Balaban J connectivity index is 0.000000173. The van der Waals surface area contributed by atoms with E-state index >= 15 is 0 Å². The highest BCUT2D eigenvalue weighted by molar-refractivity contribution is 9.38. The number of tetrazole rings is 9. The summed E-state index contributed by atoms with van der Waals surface area (Å²) in [7, 11) is 0. The number of rotatable bonds is 8. The van der Waals surface area contributed by atoms with Crippen molar-refractivity contribution >= 4 is 112 Å². The molecule has 0 spiro atoms. The van der Waals surface area contributed by atoms with Crippen LogP contribution in [0.2, 0.25) is 10.4 Å². The number of fused-ring (bicyclic) bond motifs is 2. The van der Waals surface area contributed by atoms with Gasteiger partial charge in [-0.2, -0.15) is 29.5 Å². The molecule has 42 nitrogen and oxygen atoms in total. The Kier molecular flexibility index (Phi) is 30.9. The fourth-order valence-electron chi connectivity index (χ4n) is 6.98. The quantitative estimate of drug-likeness (QED) is 0.0644. The number of non-ortho nitro benzene ring substituents is 1. The molecule has 0 unspecified atom stereocenters. The van der Waals surface area contributed by atoms with E-state index < -0.39 is 13.0 Å². The van der Waals surface area contributed by atoms with Gasteiger partial charge >= 0.3 is 5.97 Å². The predicted octanol–water partition coefficient (Wildman–Crippen LogP) is 5.35. The van der Waals surface area contributed by atoms with E-state index in [4.69, 9.17) is 39.9 Å². The fourth-order valence-corrected chi connectivity index (χ4v) is 8.31. The van der Waals surface area contributed by atoms with Gasteiger partial charge in [-0.15, -0.1) is 75.0 Å². The van der Waals surface area contributed by atoms with Crippen molar-refractivity contribution in [1.82, 2.24) is 188 Å². The first-order chi connectivity index (χ1) is 46.1. The number of H-pyrrole nitrogens is 3.